The zero-order valence-corrected chi connectivity index (χ0v) is 15.6. The SMILES string of the molecule is Cc1cc(C)c2cc(C(=O)NC(C)c3cccc(S(N)(=O)=O)c3)[nH]c2c1. The molecule has 26 heavy (non-hydrogen) atoms. The smallest absolute Gasteiger partial charge is 0.268 e. The lowest BCUT2D eigenvalue weighted by atomic mass is 10.1. The third-order valence-electron chi connectivity index (χ3n) is 4.37. The van der Waals surface area contributed by atoms with Gasteiger partial charge < -0.3 is 10.3 Å². The molecule has 0 aliphatic heterocycles. The third-order valence-corrected chi connectivity index (χ3v) is 5.28. The molecule has 0 saturated carbocycles. The number of aromatic amines is 1. The van der Waals surface area contributed by atoms with Crippen molar-refractivity contribution in [3.63, 3.8) is 0 Å². The number of hydrogen-bond acceptors (Lipinski definition) is 3. The highest BCUT2D eigenvalue weighted by molar-refractivity contribution is 7.89. The summed E-state index contributed by atoms with van der Waals surface area (Å²) in [6.45, 7) is 5.80. The Morgan fingerprint density at radius 1 is 1.15 bits per heavy atom. The molecule has 0 saturated heterocycles. The van der Waals surface area contributed by atoms with Gasteiger partial charge in [0.2, 0.25) is 10.0 Å². The van der Waals surface area contributed by atoms with Gasteiger partial charge in [0.1, 0.15) is 5.69 Å². The van der Waals surface area contributed by atoms with Gasteiger partial charge in [-0.2, -0.15) is 0 Å². The van der Waals surface area contributed by atoms with Crippen LogP contribution in [0.4, 0.5) is 0 Å². The van der Waals surface area contributed by atoms with Crippen molar-refractivity contribution in [1.29, 1.82) is 0 Å². The standard InChI is InChI=1S/C19H21N3O3S/c1-11-7-12(2)16-10-18(22-17(16)8-11)19(23)21-13(3)14-5-4-6-15(9-14)26(20,24)25/h4-10,13,22H,1-3H3,(H,21,23)(H2,20,24,25). The van der Waals surface area contributed by atoms with Gasteiger partial charge in [0, 0.05) is 10.9 Å². The molecule has 1 aromatic heterocycles. The molecule has 0 fully saturated rings. The van der Waals surface area contributed by atoms with E-state index in [2.05, 4.69) is 16.4 Å². The van der Waals surface area contributed by atoms with E-state index < -0.39 is 10.0 Å². The Hall–Kier alpha value is -2.64. The predicted octanol–water partition coefficient (Wildman–Crippen LogP) is 2.92. The lowest BCUT2D eigenvalue weighted by Crippen LogP contribution is -2.27. The fourth-order valence-electron chi connectivity index (χ4n) is 3.04. The number of H-pyrrole nitrogens is 1. The number of rotatable bonds is 4. The molecule has 3 rings (SSSR count). The first-order valence-electron chi connectivity index (χ1n) is 8.19. The first-order chi connectivity index (χ1) is 12.1. The van der Waals surface area contributed by atoms with Crippen LogP contribution in [0.15, 0.2) is 47.4 Å². The number of aromatic nitrogens is 1. The van der Waals surface area contributed by atoms with Crippen LogP contribution in [0.2, 0.25) is 0 Å². The summed E-state index contributed by atoms with van der Waals surface area (Å²) in [6, 6.07) is 11.8. The summed E-state index contributed by atoms with van der Waals surface area (Å²) in [6.07, 6.45) is 0. The first kappa shape index (κ1) is 18.2. The van der Waals surface area contributed by atoms with Gasteiger partial charge in [0.05, 0.1) is 10.9 Å². The average Bonchev–Trinajstić information content (AvgIpc) is 2.98. The van der Waals surface area contributed by atoms with Crippen molar-refractivity contribution < 1.29 is 13.2 Å². The summed E-state index contributed by atoms with van der Waals surface area (Å²) < 4.78 is 23.0. The summed E-state index contributed by atoms with van der Waals surface area (Å²) >= 11 is 0. The molecular formula is C19H21N3O3S. The number of amides is 1. The molecule has 7 heteroatoms. The Kier molecular flexibility index (Phi) is 4.60. The van der Waals surface area contributed by atoms with E-state index in [1.807, 2.05) is 26.0 Å². The van der Waals surface area contributed by atoms with Crippen molar-refractivity contribution in [2.75, 3.05) is 0 Å². The number of benzene rings is 2. The van der Waals surface area contributed by atoms with E-state index >= 15 is 0 Å². The van der Waals surface area contributed by atoms with Gasteiger partial charge in [-0.05, 0) is 61.7 Å². The lowest BCUT2D eigenvalue weighted by Gasteiger charge is -2.14. The van der Waals surface area contributed by atoms with Crippen molar-refractivity contribution in [2.24, 2.45) is 5.14 Å². The molecule has 1 heterocycles. The zero-order valence-electron chi connectivity index (χ0n) is 14.8. The molecule has 1 atom stereocenters. The highest BCUT2D eigenvalue weighted by Crippen LogP contribution is 2.22. The molecule has 4 N–H and O–H groups in total. The van der Waals surface area contributed by atoms with Crippen molar-refractivity contribution in [3.05, 3.63) is 64.8 Å². The van der Waals surface area contributed by atoms with E-state index in [1.165, 1.54) is 12.1 Å². The molecular weight excluding hydrogens is 350 g/mol. The monoisotopic (exact) mass is 371 g/mol. The fraction of sp³-hybridized carbons (Fsp3) is 0.211. The van der Waals surface area contributed by atoms with E-state index in [1.54, 1.807) is 19.1 Å². The van der Waals surface area contributed by atoms with Crippen molar-refractivity contribution in [1.82, 2.24) is 10.3 Å². The highest BCUT2D eigenvalue weighted by atomic mass is 32.2. The van der Waals surface area contributed by atoms with Crippen LogP contribution in [0.3, 0.4) is 0 Å². The Balaban J connectivity index is 1.85. The topological polar surface area (TPSA) is 105 Å². The maximum Gasteiger partial charge on any atom is 0.268 e. The summed E-state index contributed by atoms with van der Waals surface area (Å²) in [4.78, 5) is 15.8. The normalized spacial score (nSPS) is 12.9. The third kappa shape index (κ3) is 3.63. The number of fused-ring (bicyclic) bond motifs is 1. The molecule has 136 valence electrons. The lowest BCUT2D eigenvalue weighted by molar-refractivity contribution is 0.0935. The van der Waals surface area contributed by atoms with Gasteiger partial charge in [-0.1, -0.05) is 18.2 Å². The fourth-order valence-corrected chi connectivity index (χ4v) is 3.61. The van der Waals surface area contributed by atoms with E-state index in [0.717, 1.165) is 22.0 Å². The summed E-state index contributed by atoms with van der Waals surface area (Å²) in [7, 11) is -3.78. The van der Waals surface area contributed by atoms with Crippen LogP contribution in [-0.4, -0.2) is 19.3 Å². The van der Waals surface area contributed by atoms with E-state index in [9.17, 15) is 13.2 Å². The Morgan fingerprint density at radius 2 is 1.88 bits per heavy atom. The minimum absolute atomic E-state index is 0.0211. The van der Waals surface area contributed by atoms with Crippen molar-refractivity contribution in [3.8, 4) is 0 Å². The first-order valence-corrected chi connectivity index (χ1v) is 9.73. The van der Waals surface area contributed by atoms with Crippen LogP contribution in [0.5, 0.6) is 0 Å². The average molecular weight is 371 g/mol. The van der Waals surface area contributed by atoms with Crippen molar-refractivity contribution in [2.45, 2.75) is 31.7 Å². The largest absolute Gasteiger partial charge is 0.351 e. The van der Waals surface area contributed by atoms with Crippen LogP contribution < -0.4 is 10.5 Å². The molecule has 0 bridgehead atoms. The van der Waals surface area contributed by atoms with Gasteiger partial charge in [0.25, 0.3) is 5.91 Å². The van der Waals surface area contributed by atoms with Gasteiger partial charge >= 0.3 is 0 Å². The van der Waals surface area contributed by atoms with Crippen LogP contribution in [0.25, 0.3) is 10.9 Å². The van der Waals surface area contributed by atoms with Crippen LogP contribution >= 0.6 is 0 Å². The van der Waals surface area contributed by atoms with Gasteiger partial charge in [-0.25, -0.2) is 13.6 Å². The van der Waals surface area contributed by atoms with E-state index in [4.69, 9.17) is 5.14 Å². The second-order valence-corrected chi connectivity index (χ2v) is 8.10. The minimum Gasteiger partial charge on any atom is -0.351 e. The molecule has 1 unspecified atom stereocenters. The second-order valence-electron chi connectivity index (χ2n) is 6.54. The van der Waals surface area contributed by atoms with Gasteiger partial charge in [-0.3, -0.25) is 4.79 Å². The van der Waals surface area contributed by atoms with Gasteiger partial charge in [0.15, 0.2) is 0 Å². The maximum atomic E-state index is 12.6. The number of carbonyl (C=O) groups excluding carboxylic acids is 1. The number of carbonyl (C=O) groups is 1. The van der Waals surface area contributed by atoms with E-state index in [0.29, 0.717) is 11.3 Å². The number of sulfonamides is 1. The van der Waals surface area contributed by atoms with E-state index in [-0.39, 0.29) is 16.8 Å². The van der Waals surface area contributed by atoms with Crippen LogP contribution in [0.1, 0.15) is 40.1 Å². The van der Waals surface area contributed by atoms with Crippen molar-refractivity contribution >= 4 is 26.8 Å². The predicted molar refractivity (Wildman–Crippen MR) is 101 cm³/mol. The zero-order chi connectivity index (χ0) is 19.1. The molecule has 0 spiro atoms. The molecule has 0 radical (unpaired) electrons. The maximum absolute atomic E-state index is 12.6. The molecule has 0 aliphatic rings. The molecule has 6 nitrogen and oxygen atoms in total. The quantitative estimate of drug-likeness (QED) is 0.656. The number of nitrogens with one attached hydrogen (secondary N) is 2. The highest BCUT2D eigenvalue weighted by Gasteiger charge is 2.16. The molecule has 0 aliphatic carbocycles. The Bertz CT molecular complexity index is 1100. The second kappa shape index (κ2) is 6.59. The molecule has 3 aromatic rings. The number of hydrogen-bond donors (Lipinski definition) is 3. The number of nitrogens with two attached hydrogens (primary N) is 1. The number of aryl methyl sites for hydroxylation is 2. The van der Waals surface area contributed by atoms with Crippen LogP contribution in [0, 0.1) is 13.8 Å². The minimum atomic E-state index is -3.78. The summed E-state index contributed by atoms with van der Waals surface area (Å²) in [5.41, 5.74) is 4.26. The van der Waals surface area contributed by atoms with Crippen LogP contribution in [-0.2, 0) is 10.0 Å². The molecule has 1 amide bonds. The Labute approximate surface area is 152 Å². The Morgan fingerprint density at radius 3 is 2.58 bits per heavy atom. The molecule has 2 aromatic carbocycles. The van der Waals surface area contributed by atoms with Gasteiger partial charge in [-0.15, -0.1) is 0 Å². The summed E-state index contributed by atoms with van der Waals surface area (Å²) in [5.74, 6) is -0.258. The summed E-state index contributed by atoms with van der Waals surface area (Å²) in [5, 5.41) is 9.05. The number of primary sulfonamides is 1.